The minimum Gasteiger partial charge on any atom is -0.462 e. The molecule has 0 N–H and O–H groups in total. The Kier molecular flexibility index (Phi) is 23.7. The molecule has 0 saturated carbocycles. The first kappa shape index (κ1) is 19.9. The van der Waals surface area contributed by atoms with Gasteiger partial charge in [0.1, 0.15) is 13.2 Å². The van der Waals surface area contributed by atoms with Gasteiger partial charge in [0.2, 0.25) is 0 Å². The fourth-order valence-electron chi connectivity index (χ4n) is 0.515. The second-order valence-corrected chi connectivity index (χ2v) is 2.15. The number of rotatable bonds is 5. The number of carbonyl (C=O) groups is 2. The average molecular weight is 230 g/mol. The third-order valence-electron chi connectivity index (χ3n) is 1.19. The predicted octanol–water partition coefficient (Wildman–Crippen LogP) is 2.50. The number of esters is 2. The van der Waals surface area contributed by atoms with Gasteiger partial charge < -0.3 is 9.47 Å². The van der Waals surface area contributed by atoms with Gasteiger partial charge in [-0.3, -0.25) is 9.59 Å². The highest BCUT2D eigenvalue weighted by Crippen LogP contribution is 1.87. The highest BCUT2D eigenvalue weighted by Gasteiger charge is 2.00. The topological polar surface area (TPSA) is 52.6 Å². The standard InChI is InChI=1S/C8H14O4.2C2H4/c1-3-7(9)11-5-6-12-8(10)4-2;2*1-2/h3-6H2,1-2H3;2*1-2H2. The molecule has 16 heavy (non-hydrogen) atoms. The summed E-state index contributed by atoms with van der Waals surface area (Å²) in [6.07, 6.45) is 0.698. The molecule has 0 saturated heterocycles. The zero-order valence-electron chi connectivity index (χ0n) is 10.3. The summed E-state index contributed by atoms with van der Waals surface area (Å²) in [5, 5.41) is 0. The van der Waals surface area contributed by atoms with Crippen LogP contribution in [0.3, 0.4) is 0 Å². The van der Waals surface area contributed by atoms with E-state index >= 15 is 0 Å². The summed E-state index contributed by atoms with van der Waals surface area (Å²) in [5.41, 5.74) is 0. The Bertz CT molecular complexity index is 158. The maximum Gasteiger partial charge on any atom is 0.305 e. The minimum absolute atomic E-state index is 0.151. The van der Waals surface area contributed by atoms with Crippen LogP contribution in [0, 0.1) is 0 Å². The van der Waals surface area contributed by atoms with Gasteiger partial charge in [0, 0.05) is 12.8 Å². The molecule has 0 aliphatic rings. The van der Waals surface area contributed by atoms with Crippen molar-refractivity contribution in [1.29, 1.82) is 0 Å². The molecule has 0 atom stereocenters. The summed E-state index contributed by atoms with van der Waals surface area (Å²) in [6.45, 7) is 15.7. The van der Waals surface area contributed by atoms with Gasteiger partial charge in [-0.2, -0.15) is 0 Å². The monoisotopic (exact) mass is 230 g/mol. The van der Waals surface area contributed by atoms with Gasteiger partial charge in [-0.25, -0.2) is 0 Å². The smallest absolute Gasteiger partial charge is 0.305 e. The molecule has 0 radical (unpaired) electrons. The fraction of sp³-hybridized carbons (Fsp3) is 0.500. The molecule has 0 unspecified atom stereocenters. The fourth-order valence-corrected chi connectivity index (χ4v) is 0.515. The van der Waals surface area contributed by atoms with Crippen molar-refractivity contribution < 1.29 is 19.1 Å². The predicted molar refractivity (Wildman–Crippen MR) is 65.0 cm³/mol. The van der Waals surface area contributed by atoms with Crippen LogP contribution in [0.1, 0.15) is 26.7 Å². The van der Waals surface area contributed by atoms with Crippen molar-refractivity contribution in [1.82, 2.24) is 0 Å². The van der Waals surface area contributed by atoms with E-state index in [1.165, 1.54) is 0 Å². The number of hydrogen-bond acceptors (Lipinski definition) is 4. The van der Waals surface area contributed by atoms with Crippen LogP contribution in [0.25, 0.3) is 0 Å². The van der Waals surface area contributed by atoms with Gasteiger partial charge in [-0.15, -0.1) is 26.3 Å². The third kappa shape index (κ3) is 18.3. The van der Waals surface area contributed by atoms with Crippen molar-refractivity contribution in [3.8, 4) is 0 Å². The van der Waals surface area contributed by atoms with E-state index < -0.39 is 0 Å². The second kappa shape index (κ2) is 19.1. The molecule has 4 heteroatoms. The van der Waals surface area contributed by atoms with E-state index in [9.17, 15) is 9.59 Å². The van der Waals surface area contributed by atoms with Crippen LogP contribution in [-0.4, -0.2) is 25.2 Å². The van der Waals surface area contributed by atoms with Gasteiger partial charge in [0.05, 0.1) is 0 Å². The molecule has 0 heterocycles. The molecule has 0 aromatic carbocycles. The van der Waals surface area contributed by atoms with Crippen LogP contribution in [0.5, 0.6) is 0 Å². The van der Waals surface area contributed by atoms with E-state index in [4.69, 9.17) is 0 Å². The minimum atomic E-state index is -0.275. The molecule has 94 valence electrons. The number of ether oxygens (including phenoxy) is 2. The summed E-state index contributed by atoms with van der Waals surface area (Å²) in [6, 6.07) is 0. The molecule has 0 rings (SSSR count). The third-order valence-corrected chi connectivity index (χ3v) is 1.19. The molecular weight excluding hydrogens is 208 g/mol. The van der Waals surface area contributed by atoms with Gasteiger partial charge >= 0.3 is 11.9 Å². The van der Waals surface area contributed by atoms with E-state index in [1.54, 1.807) is 13.8 Å². The first-order chi connectivity index (χ1) is 7.70. The van der Waals surface area contributed by atoms with Crippen molar-refractivity contribution in [2.45, 2.75) is 26.7 Å². The Morgan fingerprint density at radius 2 is 1.06 bits per heavy atom. The average Bonchev–Trinajstić information content (AvgIpc) is 2.38. The van der Waals surface area contributed by atoms with Gasteiger partial charge in [-0.1, -0.05) is 13.8 Å². The maximum absolute atomic E-state index is 10.6. The first-order valence-corrected chi connectivity index (χ1v) is 5.02. The van der Waals surface area contributed by atoms with Crippen molar-refractivity contribution >= 4 is 11.9 Å². The highest BCUT2D eigenvalue weighted by atomic mass is 16.6. The Balaban J connectivity index is -0.000000376. The van der Waals surface area contributed by atoms with Crippen LogP contribution >= 0.6 is 0 Å². The van der Waals surface area contributed by atoms with E-state index in [-0.39, 0.29) is 25.2 Å². The maximum atomic E-state index is 10.6. The summed E-state index contributed by atoms with van der Waals surface area (Å²) in [4.78, 5) is 21.1. The first-order valence-electron chi connectivity index (χ1n) is 5.02. The Labute approximate surface area is 97.9 Å². The van der Waals surface area contributed by atoms with Crippen molar-refractivity contribution in [2.75, 3.05) is 13.2 Å². The van der Waals surface area contributed by atoms with Gasteiger partial charge in [0.15, 0.2) is 0 Å². The van der Waals surface area contributed by atoms with Crippen LogP contribution in [0.4, 0.5) is 0 Å². The number of carbonyl (C=O) groups excluding carboxylic acids is 2. The normalized spacial score (nSPS) is 7.38. The molecule has 0 amide bonds. The Hall–Kier alpha value is -1.58. The molecule has 0 fully saturated rings. The molecule has 0 aliphatic heterocycles. The van der Waals surface area contributed by atoms with Gasteiger partial charge in [-0.05, 0) is 0 Å². The number of hydrogen-bond donors (Lipinski definition) is 0. The SMILES string of the molecule is C=C.C=C.CCC(=O)OCCOC(=O)CC. The Morgan fingerprint density at radius 3 is 1.25 bits per heavy atom. The molecule has 0 aromatic heterocycles. The van der Waals surface area contributed by atoms with E-state index in [2.05, 4.69) is 35.8 Å². The van der Waals surface area contributed by atoms with Crippen LogP contribution < -0.4 is 0 Å². The molecular formula is C12H22O4. The van der Waals surface area contributed by atoms with Crippen molar-refractivity contribution in [3.63, 3.8) is 0 Å². The largest absolute Gasteiger partial charge is 0.462 e. The molecule has 0 spiro atoms. The quantitative estimate of drug-likeness (QED) is 0.413. The lowest BCUT2D eigenvalue weighted by Gasteiger charge is -2.03. The highest BCUT2D eigenvalue weighted by molar-refractivity contribution is 5.69. The molecule has 0 aliphatic carbocycles. The van der Waals surface area contributed by atoms with Gasteiger partial charge in [0.25, 0.3) is 0 Å². The summed E-state index contributed by atoms with van der Waals surface area (Å²) in [5.74, 6) is -0.551. The van der Waals surface area contributed by atoms with Crippen LogP contribution in [-0.2, 0) is 19.1 Å². The summed E-state index contributed by atoms with van der Waals surface area (Å²) < 4.78 is 9.34. The van der Waals surface area contributed by atoms with E-state index in [0.717, 1.165) is 0 Å². The molecule has 0 aromatic rings. The zero-order chi connectivity index (χ0) is 13.4. The van der Waals surface area contributed by atoms with Crippen LogP contribution in [0.2, 0.25) is 0 Å². The second-order valence-electron chi connectivity index (χ2n) is 2.15. The van der Waals surface area contributed by atoms with E-state index in [1.807, 2.05) is 0 Å². The zero-order valence-corrected chi connectivity index (χ0v) is 10.3. The lowest BCUT2D eigenvalue weighted by Crippen LogP contribution is -2.12. The lowest BCUT2D eigenvalue weighted by atomic mass is 10.5. The van der Waals surface area contributed by atoms with Crippen molar-refractivity contribution in [3.05, 3.63) is 26.3 Å². The molecule has 0 bridgehead atoms. The lowest BCUT2D eigenvalue weighted by molar-refractivity contribution is -0.151. The summed E-state index contributed by atoms with van der Waals surface area (Å²) >= 11 is 0. The summed E-state index contributed by atoms with van der Waals surface area (Å²) in [7, 11) is 0. The van der Waals surface area contributed by atoms with E-state index in [0.29, 0.717) is 12.8 Å². The Morgan fingerprint density at radius 1 is 0.812 bits per heavy atom. The van der Waals surface area contributed by atoms with Crippen molar-refractivity contribution in [2.24, 2.45) is 0 Å². The van der Waals surface area contributed by atoms with Crippen LogP contribution in [0.15, 0.2) is 26.3 Å². The molecule has 4 nitrogen and oxygen atoms in total.